The highest BCUT2D eigenvalue weighted by atomic mass is 16.3. The lowest BCUT2D eigenvalue weighted by Gasteiger charge is -2.16. The SMILES string of the molecule is CN1CC(O)C(=O)N1C. The first-order valence-corrected chi connectivity index (χ1v) is 2.79. The Morgan fingerprint density at radius 3 is 2.33 bits per heavy atom. The van der Waals surface area contributed by atoms with Gasteiger partial charge >= 0.3 is 0 Å². The van der Waals surface area contributed by atoms with Gasteiger partial charge in [0.1, 0.15) is 6.10 Å². The lowest BCUT2D eigenvalue weighted by Crippen LogP contribution is -2.32. The van der Waals surface area contributed by atoms with Gasteiger partial charge in [0.25, 0.3) is 5.91 Å². The minimum atomic E-state index is -0.819. The van der Waals surface area contributed by atoms with E-state index >= 15 is 0 Å². The predicted octanol–water partition coefficient (Wildman–Crippen LogP) is -1.33. The molecule has 1 amide bonds. The van der Waals surface area contributed by atoms with Gasteiger partial charge in [0.05, 0.1) is 6.54 Å². The Labute approximate surface area is 53.6 Å². The largest absolute Gasteiger partial charge is 0.382 e. The Hall–Kier alpha value is -0.610. The van der Waals surface area contributed by atoms with Crippen LogP contribution in [0.2, 0.25) is 0 Å². The van der Waals surface area contributed by atoms with Crippen LogP contribution >= 0.6 is 0 Å². The van der Waals surface area contributed by atoms with Gasteiger partial charge in [-0.2, -0.15) is 0 Å². The zero-order chi connectivity index (χ0) is 7.02. The average Bonchev–Trinajstić information content (AvgIpc) is 1.98. The van der Waals surface area contributed by atoms with Gasteiger partial charge in [0.2, 0.25) is 0 Å². The van der Waals surface area contributed by atoms with E-state index in [2.05, 4.69) is 0 Å². The quantitative estimate of drug-likeness (QED) is 0.441. The molecule has 0 aromatic heterocycles. The maximum Gasteiger partial charge on any atom is 0.266 e. The predicted molar refractivity (Wildman–Crippen MR) is 31.4 cm³/mol. The number of rotatable bonds is 0. The van der Waals surface area contributed by atoms with Crippen molar-refractivity contribution in [2.45, 2.75) is 6.10 Å². The summed E-state index contributed by atoms with van der Waals surface area (Å²) < 4.78 is 0. The zero-order valence-electron chi connectivity index (χ0n) is 5.53. The fourth-order valence-electron chi connectivity index (χ4n) is 0.835. The summed E-state index contributed by atoms with van der Waals surface area (Å²) in [4.78, 5) is 10.7. The molecule has 1 saturated heterocycles. The van der Waals surface area contributed by atoms with Crippen LogP contribution in [-0.4, -0.2) is 47.8 Å². The number of nitrogens with zero attached hydrogens (tertiary/aromatic N) is 2. The van der Waals surface area contributed by atoms with Crippen molar-refractivity contribution >= 4 is 5.91 Å². The monoisotopic (exact) mass is 130 g/mol. The number of carbonyl (C=O) groups excluding carboxylic acids is 1. The Morgan fingerprint density at radius 2 is 2.22 bits per heavy atom. The second-order valence-electron chi connectivity index (χ2n) is 2.22. The molecule has 0 spiro atoms. The van der Waals surface area contributed by atoms with E-state index in [0.29, 0.717) is 6.54 Å². The smallest absolute Gasteiger partial charge is 0.266 e. The molecule has 0 aliphatic carbocycles. The summed E-state index contributed by atoms with van der Waals surface area (Å²) in [5.74, 6) is -0.225. The van der Waals surface area contributed by atoms with Crippen molar-refractivity contribution in [2.24, 2.45) is 0 Å². The zero-order valence-corrected chi connectivity index (χ0v) is 5.53. The molecule has 0 bridgehead atoms. The maximum atomic E-state index is 10.7. The molecular formula is C5H10N2O2. The van der Waals surface area contributed by atoms with Gasteiger partial charge in [-0.25, -0.2) is 5.01 Å². The van der Waals surface area contributed by atoms with Crippen molar-refractivity contribution < 1.29 is 9.90 Å². The molecule has 1 N–H and O–H groups in total. The minimum absolute atomic E-state index is 0.225. The van der Waals surface area contributed by atoms with Crippen molar-refractivity contribution in [3.05, 3.63) is 0 Å². The highest BCUT2D eigenvalue weighted by Gasteiger charge is 2.31. The van der Waals surface area contributed by atoms with Gasteiger partial charge in [-0.3, -0.25) is 9.80 Å². The number of likely N-dealkylation sites (N-methyl/N-ethyl adjacent to an activating group) is 2. The van der Waals surface area contributed by atoms with Gasteiger partial charge in [-0.15, -0.1) is 0 Å². The third kappa shape index (κ3) is 0.906. The van der Waals surface area contributed by atoms with Crippen molar-refractivity contribution in [3.8, 4) is 0 Å². The summed E-state index contributed by atoms with van der Waals surface area (Å²) in [5, 5.41) is 12.0. The summed E-state index contributed by atoms with van der Waals surface area (Å²) in [6.07, 6.45) is -0.819. The lowest BCUT2D eigenvalue weighted by molar-refractivity contribution is -0.138. The van der Waals surface area contributed by atoms with E-state index in [1.54, 1.807) is 19.1 Å². The number of β-amino-alcohol motifs (C(OH)–C–C–N with tert-alkyl or cyclic N) is 1. The molecule has 4 heteroatoms. The molecule has 1 atom stereocenters. The van der Waals surface area contributed by atoms with Crippen LogP contribution in [-0.2, 0) is 4.79 Å². The summed E-state index contributed by atoms with van der Waals surface area (Å²) >= 11 is 0. The summed E-state index contributed by atoms with van der Waals surface area (Å²) in [6.45, 7) is 0.412. The van der Waals surface area contributed by atoms with Crippen molar-refractivity contribution in [1.82, 2.24) is 10.0 Å². The van der Waals surface area contributed by atoms with Gasteiger partial charge in [0.15, 0.2) is 0 Å². The van der Waals surface area contributed by atoms with E-state index in [9.17, 15) is 4.79 Å². The van der Waals surface area contributed by atoms with E-state index in [1.807, 2.05) is 0 Å². The fraction of sp³-hybridized carbons (Fsp3) is 0.800. The molecule has 4 nitrogen and oxygen atoms in total. The first-order chi connectivity index (χ1) is 4.13. The number of hydrogen-bond acceptors (Lipinski definition) is 3. The Kier molecular flexibility index (Phi) is 1.42. The Balaban J connectivity index is 2.65. The molecule has 1 aliphatic heterocycles. The van der Waals surface area contributed by atoms with Crippen molar-refractivity contribution in [3.63, 3.8) is 0 Å². The third-order valence-electron chi connectivity index (χ3n) is 1.55. The first kappa shape index (κ1) is 6.51. The van der Waals surface area contributed by atoms with Crippen LogP contribution in [0, 0.1) is 0 Å². The summed E-state index contributed by atoms with van der Waals surface area (Å²) in [6, 6.07) is 0. The van der Waals surface area contributed by atoms with Crippen LogP contribution in [0.5, 0.6) is 0 Å². The lowest BCUT2D eigenvalue weighted by atomic mass is 10.4. The number of amides is 1. The van der Waals surface area contributed by atoms with Gasteiger partial charge in [-0.05, 0) is 0 Å². The number of aliphatic hydroxyl groups excluding tert-OH is 1. The standard InChI is InChI=1S/C5H10N2O2/c1-6-3-4(8)5(9)7(6)2/h4,8H,3H2,1-2H3. The van der Waals surface area contributed by atoms with Crippen molar-refractivity contribution in [2.75, 3.05) is 20.6 Å². The molecule has 0 aromatic carbocycles. The highest BCUT2D eigenvalue weighted by molar-refractivity contribution is 5.81. The van der Waals surface area contributed by atoms with E-state index in [-0.39, 0.29) is 5.91 Å². The molecule has 1 rings (SSSR count). The maximum absolute atomic E-state index is 10.7. The molecule has 9 heavy (non-hydrogen) atoms. The molecule has 0 radical (unpaired) electrons. The number of hydrazine groups is 1. The summed E-state index contributed by atoms with van der Waals surface area (Å²) in [5.41, 5.74) is 0. The second-order valence-corrected chi connectivity index (χ2v) is 2.22. The number of aliphatic hydroxyl groups is 1. The van der Waals surface area contributed by atoms with Crippen LogP contribution in [0.4, 0.5) is 0 Å². The number of hydrogen-bond donors (Lipinski definition) is 1. The molecule has 1 fully saturated rings. The van der Waals surface area contributed by atoms with Crippen LogP contribution < -0.4 is 0 Å². The van der Waals surface area contributed by atoms with Crippen LogP contribution in [0.1, 0.15) is 0 Å². The summed E-state index contributed by atoms with van der Waals surface area (Å²) in [7, 11) is 3.40. The molecule has 1 heterocycles. The minimum Gasteiger partial charge on any atom is -0.382 e. The van der Waals surface area contributed by atoms with E-state index in [1.165, 1.54) is 5.01 Å². The normalized spacial score (nSPS) is 29.9. The van der Waals surface area contributed by atoms with Gasteiger partial charge in [-0.1, -0.05) is 0 Å². The molecule has 0 saturated carbocycles. The molecule has 0 aromatic rings. The number of carbonyl (C=O) groups is 1. The second kappa shape index (κ2) is 1.97. The molecular weight excluding hydrogens is 120 g/mol. The van der Waals surface area contributed by atoms with E-state index in [0.717, 1.165) is 0 Å². The average molecular weight is 130 g/mol. The van der Waals surface area contributed by atoms with Crippen molar-refractivity contribution in [1.29, 1.82) is 0 Å². The molecule has 52 valence electrons. The molecule has 1 unspecified atom stereocenters. The topological polar surface area (TPSA) is 43.8 Å². The highest BCUT2D eigenvalue weighted by Crippen LogP contribution is 2.05. The van der Waals surface area contributed by atoms with Gasteiger partial charge in [0, 0.05) is 14.1 Å². The Bertz CT molecular complexity index is 137. The molecule has 1 aliphatic rings. The van der Waals surface area contributed by atoms with Crippen LogP contribution in [0.3, 0.4) is 0 Å². The first-order valence-electron chi connectivity index (χ1n) is 2.79. The van der Waals surface area contributed by atoms with E-state index in [4.69, 9.17) is 5.11 Å². The fourth-order valence-corrected chi connectivity index (χ4v) is 0.835. The van der Waals surface area contributed by atoms with E-state index < -0.39 is 6.10 Å². The Morgan fingerprint density at radius 1 is 1.67 bits per heavy atom. The van der Waals surface area contributed by atoms with Crippen LogP contribution in [0.25, 0.3) is 0 Å². The van der Waals surface area contributed by atoms with Gasteiger partial charge < -0.3 is 5.11 Å². The third-order valence-corrected chi connectivity index (χ3v) is 1.55. The van der Waals surface area contributed by atoms with Crippen LogP contribution in [0.15, 0.2) is 0 Å².